The smallest absolute Gasteiger partial charge is 0.295 e. The summed E-state index contributed by atoms with van der Waals surface area (Å²) in [6.45, 7) is 1.96. The molecular formula is C22H22N4O4S2. The minimum atomic E-state index is -2.10. The van der Waals surface area contributed by atoms with Gasteiger partial charge < -0.3 is 14.5 Å². The molecule has 2 heterocycles. The van der Waals surface area contributed by atoms with Gasteiger partial charge >= 0.3 is 0 Å². The van der Waals surface area contributed by atoms with Crippen LogP contribution in [0.4, 0.5) is 11.7 Å². The zero-order valence-electron chi connectivity index (χ0n) is 17.4. The van der Waals surface area contributed by atoms with Crippen LogP contribution in [-0.4, -0.2) is 25.8 Å². The van der Waals surface area contributed by atoms with Gasteiger partial charge in [0, 0.05) is 11.1 Å². The highest BCUT2D eigenvalue weighted by Gasteiger charge is 2.19. The Balaban J connectivity index is 1.56. The summed E-state index contributed by atoms with van der Waals surface area (Å²) in [4.78, 5) is 9.03. The lowest BCUT2D eigenvalue weighted by Gasteiger charge is -2.16. The average Bonchev–Trinajstić information content (AvgIpc) is 3.43. The van der Waals surface area contributed by atoms with Gasteiger partial charge in [0.2, 0.25) is 0 Å². The second kappa shape index (κ2) is 9.94. The number of methoxy groups -OCH3 is 1. The van der Waals surface area contributed by atoms with Crippen molar-refractivity contribution in [2.45, 2.75) is 19.4 Å². The number of nitrogens with zero attached hydrogens (tertiary/aromatic N) is 2. The van der Waals surface area contributed by atoms with Gasteiger partial charge in [-0.25, -0.2) is 14.2 Å². The zero-order chi connectivity index (χ0) is 22.5. The van der Waals surface area contributed by atoms with E-state index in [0.717, 1.165) is 21.8 Å². The summed E-state index contributed by atoms with van der Waals surface area (Å²) in [6, 6.07) is 15.1. The van der Waals surface area contributed by atoms with E-state index in [2.05, 4.69) is 20.0 Å². The summed E-state index contributed by atoms with van der Waals surface area (Å²) in [7, 11) is 1.62. The molecule has 0 bridgehead atoms. The second-order valence-corrected chi connectivity index (χ2v) is 8.74. The molecule has 2 aromatic carbocycles. The van der Waals surface area contributed by atoms with Crippen molar-refractivity contribution in [3.05, 3.63) is 76.4 Å². The molecule has 1 unspecified atom stereocenters. The van der Waals surface area contributed by atoms with Crippen LogP contribution in [0.3, 0.4) is 0 Å². The quantitative estimate of drug-likeness (QED) is 0.293. The maximum absolute atomic E-state index is 10.9. The fourth-order valence-corrected chi connectivity index (χ4v) is 4.28. The van der Waals surface area contributed by atoms with E-state index in [-0.39, 0.29) is 6.04 Å². The molecule has 8 nitrogen and oxygen atoms in total. The van der Waals surface area contributed by atoms with E-state index in [1.54, 1.807) is 36.8 Å². The highest BCUT2D eigenvalue weighted by atomic mass is 32.2. The van der Waals surface area contributed by atoms with Crippen LogP contribution >= 0.6 is 11.3 Å². The molecule has 4 aromatic rings. The number of rotatable bonds is 9. The largest absolute Gasteiger partial charge is 0.496 e. The third-order valence-corrected chi connectivity index (χ3v) is 5.97. The molecule has 32 heavy (non-hydrogen) atoms. The predicted molar refractivity (Wildman–Crippen MR) is 126 cm³/mol. The number of para-hydroxylation sites is 1. The van der Waals surface area contributed by atoms with E-state index >= 15 is 0 Å². The zero-order valence-corrected chi connectivity index (χ0v) is 19.1. The molecule has 0 saturated carbocycles. The number of benzene rings is 2. The number of ether oxygens (including phenoxy) is 1. The molecule has 0 amide bonds. The number of aryl methyl sites for hydroxylation is 1. The van der Waals surface area contributed by atoms with Crippen molar-refractivity contribution in [2.24, 2.45) is 0 Å². The van der Waals surface area contributed by atoms with Gasteiger partial charge in [0.1, 0.15) is 5.75 Å². The van der Waals surface area contributed by atoms with Crippen LogP contribution in [0.2, 0.25) is 0 Å². The van der Waals surface area contributed by atoms with Crippen molar-refractivity contribution >= 4 is 34.3 Å². The SMILES string of the molecule is COc1ccccc1-c1cnc(N[C@@H](Cc2ccc(NS(=O)O)cc2)c2csc(C)n2)o1. The molecule has 2 atom stereocenters. The van der Waals surface area contributed by atoms with Crippen molar-refractivity contribution in [2.75, 3.05) is 17.1 Å². The van der Waals surface area contributed by atoms with Gasteiger partial charge in [0.25, 0.3) is 17.3 Å². The normalized spacial score (nSPS) is 12.8. The van der Waals surface area contributed by atoms with Gasteiger partial charge in [-0.1, -0.05) is 24.3 Å². The lowest BCUT2D eigenvalue weighted by atomic mass is 10.0. The van der Waals surface area contributed by atoms with E-state index in [4.69, 9.17) is 13.7 Å². The van der Waals surface area contributed by atoms with E-state index in [0.29, 0.717) is 29.6 Å². The maximum atomic E-state index is 10.9. The highest BCUT2D eigenvalue weighted by molar-refractivity contribution is 7.80. The first kappa shape index (κ1) is 22.0. The minimum Gasteiger partial charge on any atom is -0.496 e. The van der Waals surface area contributed by atoms with Crippen molar-refractivity contribution in [1.29, 1.82) is 0 Å². The molecule has 3 N–H and O–H groups in total. The number of anilines is 2. The first-order valence-electron chi connectivity index (χ1n) is 9.76. The third-order valence-electron chi connectivity index (χ3n) is 4.77. The van der Waals surface area contributed by atoms with E-state index < -0.39 is 11.3 Å². The number of hydrogen-bond donors (Lipinski definition) is 3. The van der Waals surface area contributed by atoms with E-state index in [1.165, 1.54) is 0 Å². The van der Waals surface area contributed by atoms with Gasteiger partial charge in [-0.15, -0.1) is 11.3 Å². The van der Waals surface area contributed by atoms with Crippen LogP contribution in [0, 0.1) is 6.92 Å². The Bertz CT molecular complexity index is 1210. The van der Waals surface area contributed by atoms with Crippen LogP contribution in [0.1, 0.15) is 22.3 Å². The van der Waals surface area contributed by atoms with Gasteiger partial charge in [-0.3, -0.25) is 9.27 Å². The van der Waals surface area contributed by atoms with Crippen LogP contribution in [-0.2, 0) is 17.7 Å². The molecule has 0 aliphatic carbocycles. The summed E-state index contributed by atoms with van der Waals surface area (Å²) in [6.07, 6.45) is 2.29. The van der Waals surface area contributed by atoms with Gasteiger partial charge in [0.05, 0.1) is 35.6 Å². The first-order valence-corrected chi connectivity index (χ1v) is 11.7. The van der Waals surface area contributed by atoms with Gasteiger partial charge in [-0.05, 0) is 43.2 Å². The third kappa shape index (κ3) is 5.34. The van der Waals surface area contributed by atoms with Gasteiger partial charge in [0.15, 0.2) is 5.76 Å². The second-order valence-electron chi connectivity index (χ2n) is 6.97. The standard InChI is InChI=1S/C22H22N4O4S2/c1-14-24-19(13-31-14)18(11-15-7-9-16(10-8-15)26-32(27)28)25-22-23-12-21(30-22)17-5-3-4-6-20(17)29-2/h3-10,12-13,18,26H,11H2,1-2H3,(H,23,25)(H,27,28)/t18-/m0/s1. The van der Waals surface area contributed by atoms with Crippen LogP contribution in [0.5, 0.6) is 5.75 Å². The van der Waals surface area contributed by atoms with E-state index in [1.807, 2.05) is 48.7 Å². The number of hydrogen-bond acceptors (Lipinski definition) is 7. The Morgan fingerprint density at radius 1 is 1.22 bits per heavy atom. The molecule has 0 fully saturated rings. The topological polar surface area (TPSA) is 110 Å². The van der Waals surface area contributed by atoms with Crippen LogP contribution in [0.15, 0.2) is 64.5 Å². The number of nitrogens with one attached hydrogen (secondary N) is 2. The lowest BCUT2D eigenvalue weighted by molar-refractivity contribution is 0.414. The molecule has 0 radical (unpaired) electrons. The summed E-state index contributed by atoms with van der Waals surface area (Å²) in [5, 5.41) is 6.34. The van der Waals surface area contributed by atoms with Crippen molar-refractivity contribution in [3.63, 3.8) is 0 Å². The molecule has 166 valence electrons. The molecular weight excluding hydrogens is 448 g/mol. The Hall–Kier alpha value is -3.21. The average molecular weight is 471 g/mol. The van der Waals surface area contributed by atoms with E-state index in [9.17, 15) is 4.21 Å². The Morgan fingerprint density at radius 2 is 2.00 bits per heavy atom. The molecule has 4 rings (SSSR count). The Morgan fingerprint density at radius 3 is 2.69 bits per heavy atom. The Kier molecular flexibility index (Phi) is 6.84. The van der Waals surface area contributed by atoms with Gasteiger partial charge in [-0.2, -0.15) is 0 Å². The minimum absolute atomic E-state index is 0.171. The lowest BCUT2D eigenvalue weighted by Crippen LogP contribution is -2.14. The molecule has 0 aliphatic heterocycles. The number of thiazole rings is 1. The molecule has 10 heteroatoms. The number of oxazole rings is 1. The van der Waals surface area contributed by atoms with Crippen molar-refractivity contribution in [1.82, 2.24) is 9.97 Å². The van der Waals surface area contributed by atoms with Crippen molar-refractivity contribution < 1.29 is 17.9 Å². The first-order chi connectivity index (χ1) is 15.5. The highest BCUT2D eigenvalue weighted by Crippen LogP contribution is 2.32. The summed E-state index contributed by atoms with van der Waals surface area (Å²) in [5.74, 6) is 1.31. The fraction of sp³-hybridized carbons (Fsp3) is 0.182. The van der Waals surface area contributed by atoms with Crippen molar-refractivity contribution in [3.8, 4) is 17.1 Å². The summed E-state index contributed by atoms with van der Waals surface area (Å²) in [5.41, 5.74) is 3.31. The Labute approximate surface area is 192 Å². The predicted octanol–water partition coefficient (Wildman–Crippen LogP) is 5.06. The monoisotopic (exact) mass is 470 g/mol. The van der Waals surface area contributed by atoms with Crippen LogP contribution in [0.25, 0.3) is 11.3 Å². The number of aromatic nitrogens is 2. The molecule has 0 saturated heterocycles. The summed E-state index contributed by atoms with van der Waals surface area (Å²) < 4.78 is 33.7. The molecule has 2 aromatic heterocycles. The fourth-order valence-electron chi connectivity index (χ4n) is 3.28. The maximum Gasteiger partial charge on any atom is 0.295 e. The molecule has 0 aliphatic rings. The summed E-state index contributed by atoms with van der Waals surface area (Å²) >= 11 is -0.524. The van der Waals surface area contributed by atoms with Crippen LogP contribution < -0.4 is 14.8 Å². The molecule has 0 spiro atoms.